The predicted octanol–water partition coefficient (Wildman–Crippen LogP) is 1.61. The van der Waals surface area contributed by atoms with Crippen LogP contribution in [0, 0.1) is 5.82 Å². The molecule has 0 aliphatic heterocycles. The molecular weight excluding hydrogens is 309 g/mol. The van der Waals surface area contributed by atoms with E-state index in [9.17, 15) is 9.18 Å². The molecular formula is C17H18FN5O. The van der Waals surface area contributed by atoms with Gasteiger partial charge in [-0.1, -0.05) is 12.1 Å². The van der Waals surface area contributed by atoms with Crippen LogP contribution in [0.25, 0.3) is 5.82 Å². The molecule has 2 heterocycles. The number of aromatic nitrogens is 3. The number of nitrogens with one attached hydrogen (secondary N) is 1. The van der Waals surface area contributed by atoms with Crippen molar-refractivity contribution in [2.75, 3.05) is 0 Å². The highest BCUT2D eigenvalue weighted by atomic mass is 19.1. The quantitative estimate of drug-likeness (QED) is 0.699. The maximum absolute atomic E-state index is 13.2. The highest BCUT2D eigenvalue weighted by Gasteiger charge is 2.13. The molecule has 0 saturated carbocycles. The largest absolute Gasteiger partial charge is 0.337 e. The minimum atomic E-state index is -0.598. The van der Waals surface area contributed by atoms with Gasteiger partial charge in [0.25, 0.3) is 5.91 Å². The average Bonchev–Trinajstić information content (AvgIpc) is 3.15. The van der Waals surface area contributed by atoms with Crippen LogP contribution < -0.4 is 11.1 Å². The molecule has 6 nitrogen and oxygen atoms in total. The van der Waals surface area contributed by atoms with Crippen LogP contribution in [-0.4, -0.2) is 26.4 Å². The van der Waals surface area contributed by atoms with E-state index in [1.807, 2.05) is 13.1 Å². The number of carbonyl (C=O) groups is 1. The Balaban J connectivity index is 1.65. The lowest BCUT2D eigenvalue weighted by Gasteiger charge is -2.13. The number of hydrogen-bond acceptors (Lipinski definition) is 3. The number of carbonyl (C=O) groups excluding carboxylic acids is 1. The summed E-state index contributed by atoms with van der Waals surface area (Å²) in [5, 5.41) is 6.81. The second-order valence-corrected chi connectivity index (χ2v) is 5.53. The summed E-state index contributed by atoms with van der Waals surface area (Å²) in [7, 11) is 1.82. The summed E-state index contributed by atoms with van der Waals surface area (Å²) in [5.74, 6) is 0.247. The molecule has 0 spiro atoms. The fraction of sp³-hybridized carbons (Fsp3) is 0.176. The number of aryl methyl sites for hydroxylation is 1. The first kappa shape index (κ1) is 15.9. The Bertz CT molecular complexity index is 854. The Hall–Kier alpha value is -2.93. The van der Waals surface area contributed by atoms with Gasteiger partial charge < -0.3 is 15.6 Å². The molecule has 0 saturated heterocycles. The van der Waals surface area contributed by atoms with Crippen molar-refractivity contribution >= 4 is 5.91 Å². The molecule has 24 heavy (non-hydrogen) atoms. The molecule has 124 valence electrons. The normalized spacial score (nSPS) is 12.1. The van der Waals surface area contributed by atoms with Gasteiger partial charge in [0.05, 0.1) is 17.9 Å². The standard InChI is InChI=1S/C17H18FN5O/c1-22-16(5-7-20-22)23-8-6-13(11-23)17(24)21-15(19)10-12-3-2-4-14(18)9-12/h2-9,11,15H,10,19H2,1H3,(H,21,24)/t15-/m0/s1. The summed E-state index contributed by atoms with van der Waals surface area (Å²) in [4.78, 5) is 12.3. The van der Waals surface area contributed by atoms with E-state index in [4.69, 9.17) is 5.73 Å². The second kappa shape index (κ2) is 6.67. The molecule has 2 aromatic heterocycles. The Labute approximate surface area is 138 Å². The number of rotatable bonds is 5. The minimum Gasteiger partial charge on any atom is -0.337 e. The molecule has 3 aromatic rings. The minimum absolute atomic E-state index is 0.278. The van der Waals surface area contributed by atoms with Crippen LogP contribution in [-0.2, 0) is 13.5 Å². The van der Waals surface area contributed by atoms with Gasteiger partial charge in [-0.25, -0.2) is 4.39 Å². The van der Waals surface area contributed by atoms with E-state index in [0.717, 1.165) is 11.4 Å². The number of nitrogens with two attached hydrogens (primary N) is 1. The molecule has 1 atom stereocenters. The number of halogens is 1. The van der Waals surface area contributed by atoms with Crippen molar-refractivity contribution in [3.63, 3.8) is 0 Å². The van der Waals surface area contributed by atoms with Gasteiger partial charge in [0, 0.05) is 31.9 Å². The van der Waals surface area contributed by atoms with Gasteiger partial charge in [-0.2, -0.15) is 5.10 Å². The molecule has 0 fully saturated rings. The Morgan fingerprint density at radius 3 is 2.92 bits per heavy atom. The Kier molecular flexibility index (Phi) is 4.43. The van der Waals surface area contributed by atoms with E-state index in [1.165, 1.54) is 12.1 Å². The van der Waals surface area contributed by atoms with E-state index < -0.39 is 6.17 Å². The molecule has 0 aliphatic rings. The van der Waals surface area contributed by atoms with E-state index in [2.05, 4.69) is 10.4 Å². The van der Waals surface area contributed by atoms with Crippen molar-refractivity contribution in [2.45, 2.75) is 12.6 Å². The second-order valence-electron chi connectivity index (χ2n) is 5.53. The van der Waals surface area contributed by atoms with Crippen molar-refractivity contribution in [1.82, 2.24) is 19.7 Å². The first-order chi connectivity index (χ1) is 11.5. The first-order valence-corrected chi connectivity index (χ1v) is 7.50. The summed E-state index contributed by atoms with van der Waals surface area (Å²) < 4.78 is 16.7. The molecule has 1 amide bonds. The zero-order chi connectivity index (χ0) is 17.1. The SMILES string of the molecule is Cn1nccc1-n1ccc(C(=O)N[C@H](N)Cc2cccc(F)c2)c1. The first-order valence-electron chi connectivity index (χ1n) is 7.50. The lowest BCUT2D eigenvalue weighted by Crippen LogP contribution is -2.43. The Morgan fingerprint density at radius 2 is 2.21 bits per heavy atom. The Morgan fingerprint density at radius 1 is 1.38 bits per heavy atom. The number of amides is 1. The highest BCUT2D eigenvalue weighted by Crippen LogP contribution is 2.10. The monoisotopic (exact) mass is 327 g/mol. The molecule has 0 aliphatic carbocycles. The van der Waals surface area contributed by atoms with Crippen LogP contribution >= 0.6 is 0 Å². The van der Waals surface area contributed by atoms with Crippen LogP contribution in [0.5, 0.6) is 0 Å². The number of benzene rings is 1. The van der Waals surface area contributed by atoms with Gasteiger partial charge in [-0.3, -0.25) is 9.48 Å². The molecule has 3 N–H and O–H groups in total. The van der Waals surface area contributed by atoms with Gasteiger partial charge >= 0.3 is 0 Å². The van der Waals surface area contributed by atoms with Crippen LogP contribution in [0.3, 0.4) is 0 Å². The van der Waals surface area contributed by atoms with E-state index >= 15 is 0 Å². The summed E-state index contributed by atoms with van der Waals surface area (Å²) in [6.07, 6.45) is 4.93. The lowest BCUT2D eigenvalue weighted by atomic mass is 10.1. The van der Waals surface area contributed by atoms with Crippen molar-refractivity contribution in [3.8, 4) is 5.82 Å². The molecule has 0 unspecified atom stereocenters. The van der Waals surface area contributed by atoms with Crippen LogP contribution in [0.2, 0.25) is 0 Å². The maximum atomic E-state index is 13.2. The zero-order valence-corrected chi connectivity index (χ0v) is 13.2. The highest BCUT2D eigenvalue weighted by molar-refractivity contribution is 5.94. The van der Waals surface area contributed by atoms with Crippen molar-refractivity contribution in [3.05, 3.63) is 71.9 Å². The van der Waals surface area contributed by atoms with E-state index in [0.29, 0.717) is 12.0 Å². The molecule has 0 radical (unpaired) electrons. The third-order valence-corrected chi connectivity index (χ3v) is 3.68. The van der Waals surface area contributed by atoms with Crippen LogP contribution in [0.1, 0.15) is 15.9 Å². The third kappa shape index (κ3) is 3.52. The molecule has 1 aromatic carbocycles. The van der Waals surface area contributed by atoms with Gasteiger partial charge in [0.15, 0.2) is 0 Å². The van der Waals surface area contributed by atoms with Gasteiger partial charge in [-0.05, 0) is 23.8 Å². The smallest absolute Gasteiger partial charge is 0.254 e. The lowest BCUT2D eigenvalue weighted by molar-refractivity contribution is 0.0938. The molecule has 0 bridgehead atoms. The van der Waals surface area contributed by atoms with Gasteiger partial charge in [-0.15, -0.1) is 0 Å². The van der Waals surface area contributed by atoms with Crippen LogP contribution in [0.4, 0.5) is 4.39 Å². The van der Waals surface area contributed by atoms with Gasteiger partial charge in [0.1, 0.15) is 11.6 Å². The van der Waals surface area contributed by atoms with Crippen molar-refractivity contribution in [2.24, 2.45) is 12.8 Å². The average molecular weight is 327 g/mol. The van der Waals surface area contributed by atoms with Gasteiger partial charge in [0.2, 0.25) is 0 Å². The van der Waals surface area contributed by atoms with Crippen LogP contribution in [0.15, 0.2) is 55.0 Å². The fourth-order valence-electron chi connectivity index (χ4n) is 2.51. The third-order valence-electron chi connectivity index (χ3n) is 3.68. The molecule has 3 rings (SSSR count). The predicted molar refractivity (Wildman–Crippen MR) is 88.1 cm³/mol. The fourth-order valence-corrected chi connectivity index (χ4v) is 2.51. The summed E-state index contributed by atoms with van der Waals surface area (Å²) in [6, 6.07) is 9.72. The van der Waals surface area contributed by atoms with E-state index in [-0.39, 0.29) is 11.7 Å². The maximum Gasteiger partial charge on any atom is 0.254 e. The molecule has 7 heteroatoms. The van der Waals surface area contributed by atoms with Crippen molar-refractivity contribution < 1.29 is 9.18 Å². The van der Waals surface area contributed by atoms with Crippen molar-refractivity contribution in [1.29, 1.82) is 0 Å². The summed E-state index contributed by atoms with van der Waals surface area (Å²) in [5.41, 5.74) is 7.17. The number of hydrogen-bond donors (Lipinski definition) is 2. The zero-order valence-electron chi connectivity index (χ0n) is 13.2. The summed E-state index contributed by atoms with van der Waals surface area (Å²) >= 11 is 0. The number of nitrogens with zero attached hydrogens (tertiary/aromatic N) is 3. The summed E-state index contributed by atoms with van der Waals surface area (Å²) in [6.45, 7) is 0. The van der Waals surface area contributed by atoms with E-state index in [1.54, 1.807) is 46.0 Å². The topological polar surface area (TPSA) is 77.9 Å².